The Hall–Kier alpha value is -0.500. The predicted octanol–water partition coefficient (Wildman–Crippen LogP) is 4.43. The van der Waals surface area contributed by atoms with Crippen molar-refractivity contribution in [3.63, 3.8) is 0 Å². The lowest BCUT2D eigenvalue weighted by Gasteiger charge is -2.24. The number of likely N-dealkylation sites (N-methyl/N-ethyl adjacent to an activating group) is 1. The molecule has 0 heterocycles. The van der Waals surface area contributed by atoms with Crippen molar-refractivity contribution in [3.8, 4) is 0 Å². The van der Waals surface area contributed by atoms with E-state index in [0.717, 1.165) is 19.3 Å². The maximum absolute atomic E-state index is 11.9. The lowest BCUT2D eigenvalue weighted by atomic mass is 10.1. The Balaban J connectivity index is 3.81. The highest BCUT2D eigenvalue weighted by atomic mass is 31.2. The number of carbonyl (C=O) groups is 1. The third kappa shape index (κ3) is 21.1. The first kappa shape index (κ1) is 30.5. The minimum absolute atomic E-state index is 0.0553. The summed E-state index contributed by atoms with van der Waals surface area (Å²) in [4.78, 5) is 21.6. The van der Waals surface area contributed by atoms with Gasteiger partial charge in [0.25, 0.3) is 0 Å². The summed E-state index contributed by atoms with van der Waals surface area (Å²) < 4.78 is 27.3. The van der Waals surface area contributed by atoms with Gasteiger partial charge in [-0.1, -0.05) is 71.1 Å². The molecule has 0 rings (SSSR count). The zero-order valence-electron chi connectivity index (χ0n) is 20.2. The van der Waals surface area contributed by atoms with E-state index in [-0.39, 0.29) is 13.0 Å². The standard InChI is InChI=1S/C22H46NO7P/c1-5-6-7-8-9-10-11-12-13-14-15-16-22(25)30-21(19-24)20-29-31(26,27)28-18-17-23(2,3)4/h21,24H,5-20H2,1-4H3/p+1/t21-/m0/s1. The molecule has 0 aromatic heterocycles. The number of quaternary nitrogens is 1. The van der Waals surface area contributed by atoms with Crippen molar-refractivity contribution < 1.29 is 37.6 Å². The van der Waals surface area contributed by atoms with E-state index in [1.165, 1.54) is 51.4 Å². The second-order valence-electron chi connectivity index (χ2n) is 9.19. The fourth-order valence-electron chi connectivity index (χ4n) is 2.95. The van der Waals surface area contributed by atoms with E-state index < -0.39 is 33.1 Å². The van der Waals surface area contributed by atoms with Crippen LogP contribution < -0.4 is 0 Å². The smallest absolute Gasteiger partial charge is 0.457 e. The van der Waals surface area contributed by atoms with Gasteiger partial charge >= 0.3 is 13.8 Å². The zero-order valence-corrected chi connectivity index (χ0v) is 21.1. The number of phosphoric ester groups is 1. The van der Waals surface area contributed by atoms with Gasteiger partial charge in [-0.3, -0.25) is 13.8 Å². The SMILES string of the molecule is CCCCCCCCCCCCCC(=O)O[C@@H](CO)COP(=O)(O)OCC[N+](C)(C)C. The molecular formula is C22H47NO7P+. The Labute approximate surface area is 189 Å². The molecule has 0 fully saturated rings. The van der Waals surface area contributed by atoms with Crippen LogP contribution >= 0.6 is 7.82 Å². The summed E-state index contributed by atoms with van der Waals surface area (Å²) in [6.07, 6.45) is 12.4. The minimum Gasteiger partial charge on any atom is -0.457 e. The van der Waals surface area contributed by atoms with Crippen molar-refractivity contribution in [3.05, 3.63) is 0 Å². The number of unbranched alkanes of at least 4 members (excludes halogenated alkanes) is 10. The first-order chi connectivity index (χ1) is 14.6. The third-order valence-electron chi connectivity index (χ3n) is 4.93. The van der Waals surface area contributed by atoms with Crippen molar-refractivity contribution in [2.75, 3.05) is 47.5 Å². The Morgan fingerprint density at radius 1 is 0.903 bits per heavy atom. The molecule has 0 aliphatic rings. The van der Waals surface area contributed by atoms with Crippen LogP contribution in [0.4, 0.5) is 0 Å². The summed E-state index contributed by atoms with van der Waals surface area (Å²) in [7, 11) is 1.55. The monoisotopic (exact) mass is 468 g/mol. The summed E-state index contributed by atoms with van der Waals surface area (Å²) in [5.74, 6) is -0.433. The summed E-state index contributed by atoms with van der Waals surface area (Å²) in [5, 5.41) is 9.34. The first-order valence-electron chi connectivity index (χ1n) is 11.8. The number of nitrogens with zero attached hydrogens (tertiary/aromatic N) is 1. The number of phosphoric acid groups is 1. The normalized spacial score (nSPS) is 14.9. The highest BCUT2D eigenvalue weighted by molar-refractivity contribution is 7.47. The number of rotatable bonds is 21. The fraction of sp³-hybridized carbons (Fsp3) is 0.955. The van der Waals surface area contributed by atoms with Gasteiger partial charge in [0.05, 0.1) is 34.4 Å². The van der Waals surface area contributed by atoms with Crippen LogP contribution in [0.1, 0.15) is 84.0 Å². The molecule has 0 aliphatic heterocycles. The van der Waals surface area contributed by atoms with Gasteiger partial charge in [-0.05, 0) is 6.42 Å². The summed E-state index contributed by atoms with van der Waals surface area (Å²) in [5.41, 5.74) is 0. The van der Waals surface area contributed by atoms with Crippen molar-refractivity contribution >= 4 is 13.8 Å². The van der Waals surface area contributed by atoms with Gasteiger partial charge in [-0.2, -0.15) is 0 Å². The fourth-order valence-corrected chi connectivity index (χ4v) is 3.69. The molecule has 0 aromatic rings. The van der Waals surface area contributed by atoms with E-state index in [1.807, 2.05) is 21.1 Å². The van der Waals surface area contributed by atoms with Crippen LogP contribution in [0, 0.1) is 0 Å². The molecule has 9 heteroatoms. The number of hydrogen-bond donors (Lipinski definition) is 2. The largest absolute Gasteiger partial charge is 0.472 e. The average Bonchev–Trinajstić information content (AvgIpc) is 2.68. The summed E-state index contributed by atoms with van der Waals surface area (Å²) in [6.45, 7) is 1.94. The number of esters is 1. The van der Waals surface area contributed by atoms with Gasteiger partial charge in [-0.15, -0.1) is 0 Å². The Bertz CT molecular complexity index is 497. The van der Waals surface area contributed by atoms with Crippen molar-refractivity contribution in [1.29, 1.82) is 0 Å². The van der Waals surface area contributed by atoms with Crippen LogP contribution in [-0.2, 0) is 23.1 Å². The number of hydrogen-bond acceptors (Lipinski definition) is 6. The van der Waals surface area contributed by atoms with Crippen LogP contribution in [0.15, 0.2) is 0 Å². The van der Waals surface area contributed by atoms with Crippen molar-refractivity contribution in [2.45, 2.75) is 90.1 Å². The second-order valence-corrected chi connectivity index (χ2v) is 10.6. The van der Waals surface area contributed by atoms with Crippen LogP contribution in [0.5, 0.6) is 0 Å². The highest BCUT2D eigenvalue weighted by Gasteiger charge is 2.25. The molecular weight excluding hydrogens is 421 g/mol. The molecule has 0 spiro atoms. The maximum Gasteiger partial charge on any atom is 0.472 e. The quantitative estimate of drug-likeness (QED) is 0.111. The third-order valence-corrected chi connectivity index (χ3v) is 5.91. The number of ether oxygens (including phenoxy) is 1. The molecule has 0 saturated carbocycles. The highest BCUT2D eigenvalue weighted by Crippen LogP contribution is 2.43. The van der Waals surface area contributed by atoms with E-state index in [1.54, 1.807) is 0 Å². The van der Waals surface area contributed by atoms with E-state index >= 15 is 0 Å². The molecule has 1 unspecified atom stereocenters. The lowest BCUT2D eigenvalue weighted by molar-refractivity contribution is -0.870. The van der Waals surface area contributed by atoms with E-state index in [4.69, 9.17) is 13.8 Å². The Kier molecular flexibility index (Phi) is 17.7. The van der Waals surface area contributed by atoms with Gasteiger partial charge in [0.15, 0.2) is 0 Å². The second kappa shape index (κ2) is 18.0. The van der Waals surface area contributed by atoms with Gasteiger partial charge < -0.3 is 19.2 Å². The Morgan fingerprint density at radius 3 is 1.90 bits per heavy atom. The van der Waals surface area contributed by atoms with Crippen LogP contribution in [0.25, 0.3) is 0 Å². The molecule has 0 saturated heterocycles. The van der Waals surface area contributed by atoms with Gasteiger partial charge in [0, 0.05) is 6.42 Å². The van der Waals surface area contributed by atoms with E-state index in [9.17, 15) is 19.4 Å². The number of carbonyl (C=O) groups excluding carboxylic acids is 1. The number of aliphatic hydroxyl groups is 1. The first-order valence-corrected chi connectivity index (χ1v) is 13.3. The molecule has 0 aromatic carbocycles. The maximum atomic E-state index is 11.9. The summed E-state index contributed by atoms with van der Waals surface area (Å²) in [6, 6.07) is 0. The van der Waals surface area contributed by atoms with E-state index in [2.05, 4.69) is 6.92 Å². The lowest BCUT2D eigenvalue weighted by Crippen LogP contribution is -2.37. The molecule has 0 amide bonds. The van der Waals surface area contributed by atoms with Gasteiger partial charge in [0.2, 0.25) is 0 Å². The Morgan fingerprint density at radius 2 is 1.42 bits per heavy atom. The molecule has 0 aliphatic carbocycles. The predicted molar refractivity (Wildman–Crippen MR) is 123 cm³/mol. The molecule has 2 N–H and O–H groups in total. The molecule has 2 atom stereocenters. The van der Waals surface area contributed by atoms with Crippen LogP contribution in [0.3, 0.4) is 0 Å². The van der Waals surface area contributed by atoms with Crippen LogP contribution in [0.2, 0.25) is 0 Å². The molecule has 8 nitrogen and oxygen atoms in total. The molecule has 0 bridgehead atoms. The topological polar surface area (TPSA) is 102 Å². The minimum atomic E-state index is -4.25. The van der Waals surface area contributed by atoms with Gasteiger partial charge in [0.1, 0.15) is 19.3 Å². The molecule has 186 valence electrons. The average molecular weight is 469 g/mol. The molecule has 0 radical (unpaired) electrons. The van der Waals surface area contributed by atoms with Crippen LogP contribution in [-0.4, -0.2) is 74.1 Å². The van der Waals surface area contributed by atoms with Crippen molar-refractivity contribution in [2.24, 2.45) is 0 Å². The number of aliphatic hydroxyl groups excluding tert-OH is 1. The van der Waals surface area contributed by atoms with Crippen molar-refractivity contribution in [1.82, 2.24) is 0 Å². The zero-order chi connectivity index (χ0) is 23.6. The molecule has 31 heavy (non-hydrogen) atoms. The van der Waals surface area contributed by atoms with E-state index in [0.29, 0.717) is 11.0 Å². The summed E-state index contributed by atoms with van der Waals surface area (Å²) >= 11 is 0. The van der Waals surface area contributed by atoms with Gasteiger partial charge in [-0.25, -0.2) is 4.57 Å².